The van der Waals surface area contributed by atoms with Crippen molar-refractivity contribution in [1.29, 1.82) is 0 Å². The molecule has 0 amide bonds. The lowest BCUT2D eigenvalue weighted by Crippen LogP contribution is -2.40. The quantitative estimate of drug-likeness (QED) is 0.157. The molecule has 232 valence electrons. The van der Waals surface area contributed by atoms with Crippen LogP contribution in [0.5, 0.6) is 5.75 Å². The fourth-order valence-electron chi connectivity index (χ4n) is 5.46. The normalized spacial score (nSPS) is 14.6. The molecule has 0 aliphatic carbocycles. The Morgan fingerprint density at radius 2 is 1.74 bits per heavy atom. The van der Waals surface area contributed by atoms with E-state index >= 15 is 0 Å². The first-order chi connectivity index (χ1) is 22.3. The van der Waals surface area contributed by atoms with Gasteiger partial charge < -0.3 is 9.47 Å². The lowest BCUT2D eigenvalue weighted by Gasteiger charge is -2.26. The fourth-order valence-corrected chi connectivity index (χ4v) is 6.67. The number of hydrogen-bond acceptors (Lipinski definition) is 6. The summed E-state index contributed by atoms with van der Waals surface area (Å²) in [7, 11) is 0. The van der Waals surface area contributed by atoms with Crippen molar-refractivity contribution in [2.24, 2.45) is 4.99 Å². The molecule has 1 aromatic heterocycles. The average Bonchev–Trinajstić information content (AvgIpc) is 3.37. The Kier molecular flexibility index (Phi) is 9.33. The van der Waals surface area contributed by atoms with Crippen LogP contribution >= 0.6 is 22.9 Å². The smallest absolute Gasteiger partial charge is 0.338 e. The van der Waals surface area contributed by atoms with Gasteiger partial charge in [0.1, 0.15) is 12.4 Å². The Balaban J connectivity index is 1.48. The van der Waals surface area contributed by atoms with Gasteiger partial charge in [0.05, 0.1) is 28.5 Å². The van der Waals surface area contributed by atoms with E-state index in [0.29, 0.717) is 43.9 Å². The molecular formula is C38H33ClN2O4S. The van der Waals surface area contributed by atoms with Crippen molar-refractivity contribution in [2.75, 3.05) is 6.61 Å². The minimum atomic E-state index is -0.721. The maximum atomic E-state index is 14.2. The van der Waals surface area contributed by atoms with Gasteiger partial charge in [-0.3, -0.25) is 9.36 Å². The number of halogens is 1. The summed E-state index contributed by atoms with van der Waals surface area (Å²) in [5, 5.41) is 0.654. The molecule has 0 saturated heterocycles. The molecule has 1 atom stereocenters. The van der Waals surface area contributed by atoms with Crippen molar-refractivity contribution in [1.82, 2.24) is 4.57 Å². The number of rotatable bonds is 9. The van der Waals surface area contributed by atoms with Crippen LogP contribution in [0.3, 0.4) is 0 Å². The summed E-state index contributed by atoms with van der Waals surface area (Å²) in [5.41, 5.74) is 5.11. The predicted molar refractivity (Wildman–Crippen MR) is 184 cm³/mol. The number of hydrogen-bond donors (Lipinski definition) is 0. The van der Waals surface area contributed by atoms with Crippen LogP contribution in [0, 0.1) is 0 Å². The number of benzene rings is 4. The Hall–Kier alpha value is -4.72. The third kappa shape index (κ3) is 6.62. The lowest BCUT2D eigenvalue weighted by molar-refractivity contribution is -0.138. The maximum Gasteiger partial charge on any atom is 0.338 e. The third-order valence-electron chi connectivity index (χ3n) is 7.74. The summed E-state index contributed by atoms with van der Waals surface area (Å²) in [6.07, 6.45) is 1.84. The second kappa shape index (κ2) is 13.7. The van der Waals surface area contributed by atoms with Crippen LogP contribution in [-0.4, -0.2) is 17.1 Å². The van der Waals surface area contributed by atoms with Gasteiger partial charge in [0.25, 0.3) is 5.56 Å². The van der Waals surface area contributed by atoms with Gasteiger partial charge in [0, 0.05) is 10.6 Å². The molecule has 0 spiro atoms. The molecule has 0 fully saturated rings. The average molecular weight is 649 g/mol. The zero-order valence-corrected chi connectivity index (χ0v) is 27.3. The maximum absolute atomic E-state index is 14.2. The van der Waals surface area contributed by atoms with Crippen molar-refractivity contribution in [3.63, 3.8) is 0 Å². The Bertz CT molecular complexity index is 2100. The van der Waals surface area contributed by atoms with E-state index in [0.717, 1.165) is 22.3 Å². The van der Waals surface area contributed by atoms with Crippen molar-refractivity contribution < 1.29 is 14.3 Å². The molecule has 1 aliphatic rings. The first-order valence-corrected chi connectivity index (χ1v) is 16.4. The van der Waals surface area contributed by atoms with Crippen LogP contribution in [0.2, 0.25) is 5.02 Å². The second-order valence-electron chi connectivity index (χ2n) is 11.2. The topological polar surface area (TPSA) is 69.9 Å². The minimum absolute atomic E-state index is 0.198. The highest BCUT2D eigenvalue weighted by Crippen LogP contribution is 2.35. The summed E-state index contributed by atoms with van der Waals surface area (Å²) < 4.78 is 13.7. The highest BCUT2D eigenvalue weighted by molar-refractivity contribution is 7.07. The van der Waals surface area contributed by atoms with Gasteiger partial charge in [-0.15, -0.1) is 0 Å². The van der Waals surface area contributed by atoms with Crippen LogP contribution in [0.4, 0.5) is 0 Å². The standard InChI is InChI=1S/C38H33ClN2O4S/c1-4-44-37(43)33-34(28-12-6-5-7-13-28)40-38-41(35(33)29-18-16-27(17-19-29)24(2)3)36(42)32(46-38)22-25-10-9-15-31(21-25)45-23-26-11-8-14-30(39)20-26/h5-22,24,35H,4,23H2,1-3H3/b32-22-/t35-/m1/s1. The first kappa shape index (κ1) is 31.3. The molecule has 0 bridgehead atoms. The summed E-state index contributed by atoms with van der Waals surface area (Å²) in [4.78, 5) is 33.4. The van der Waals surface area contributed by atoms with Crippen LogP contribution in [-0.2, 0) is 16.1 Å². The van der Waals surface area contributed by atoms with E-state index in [1.807, 2.05) is 97.1 Å². The van der Waals surface area contributed by atoms with Gasteiger partial charge in [-0.2, -0.15) is 0 Å². The zero-order valence-electron chi connectivity index (χ0n) is 25.8. The van der Waals surface area contributed by atoms with Crippen molar-refractivity contribution in [3.05, 3.63) is 161 Å². The third-order valence-corrected chi connectivity index (χ3v) is 8.96. The highest BCUT2D eigenvalue weighted by Gasteiger charge is 2.35. The van der Waals surface area contributed by atoms with Gasteiger partial charge in [0.15, 0.2) is 4.80 Å². The van der Waals surface area contributed by atoms with Crippen LogP contribution in [0.25, 0.3) is 11.8 Å². The van der Waals surface area contributed by atoms with Crippen molar-refractivity contribution >= 4 is 40.7 Å². The number of carbonyl (C=O) groups excluding carboxylic acids is 1. The summed E-state index contributed by atoms with van der Waals surface area (Å²) >= 11 is 7.42. The molecule has 1 aliphatic heterocycles. The van der Waals surface area contributed by atoms with E-state index in [2.05, 4.69) is 26.0 Å². The molecule has 0 unspecified atom stereocenters. The minimum Gasteiger partial charge on any atom is -0.489 e. The van der Waals surface area contributed by atoms with E-state index in [4.69, 9.17) is 26.1 Å². The van der Waals surface area contributed by atoms with Crippen LogP contribution in [0.15, 0.2) is 118 Å². The number of aromatic nitrogens is 1. The number of ether oxygens (including phenoxy) is 2. The predicted octanol–water partition coefficient (Wildman–Crippen LogP) is 7.29. The van der Waals surface area contributed by atoms with Gasteiger partial charge in [-0.05, 0) is 65.4 Å². The summed E-state index contributed by atoms with van der Waals surface area (Å²) in [6, 6.07) is 32.0. The van der Waals surface area contributed by atoms with Gasteiger partial charge in [0.2, 0.25) is 0 Å². The van der Waals surface area contributed by atoms with E-state index in [9.17, 15) is 9.59 Å². The van der Waals surface area contributed by atoms with Crippen molar-refractivity contribution in [3.8, 4) is 5.75 Å². The lowest BCUT2D eigenvalue weighted by atomic mass is 9.91. The molecule has 0 N–H and O–H groups in total. The molecule has 0 radical (unpaired) electrons. The van der Waals surface area contributed by atoms with Gasteiger partial charge in [-0.25, -0.2) is 9.79 Å². The molecular weight excluding hydrogens is 616 g/mol. The molecule has 8 heteroatoms. The summed E-state index contributed by atoms with van der Waals surface area (Å²) in [5.74, 6) is 0.503. The number of thiazole rings is 1. The zero-order chi connectivity index (χ0) is 32.2. The Morgan fingerprint density at radius 1 is 0.978 bits per heavy atom. The number of carbonyl (C=O) groups is 1. The van der Waals surface area contributed by atoms with Crippen LogP contribution in [0.1, 0.15) is 60.5 Å². The first-order valence-electron chi connectivity index (χ1n) is 15.2. The fraction of sp³-hybridized carbons (Fsp3) is 0.184. The second-order valence-corrected chi connectivity index (χ2v) is 12.7. The molecule has 5 aromatic rings. The Labute approximate surface area is 276 Å². The van der Waals surface area contributed by atoms with Gasteiger partial charge >= 0.3 is 5.97 Å². The van der Waals surface area contributed by atoms with E-state index < -0.39 is 12.0 Å². The molecule has 46 heavy (non-hydrogen) atoms. The molecule has 4 aromatic carbocycles. The van der Waals surface area contributed by atoms with Gasteiger partial charge in [-0.1, -0.05) is 116 Å². The Morgan fingerprint density at radius 3 is 2.46 bits per heavy atom. The number of nitrogens with zero attached hydrogens (tertiary/aromatic N) is 2. The van der Waals surface area contributed by atoms with E-state index in [-0.39, 0.29) is 12.2 Å². The van der Waals surface area contributed by atoms with E-state index in [1.54, 1.807) is 11.5 Å². The molecule has 6 rings (SSSR count). The SMILES string of the molecule is CCOC(=O)C1=C(c2ccccc2)N=c2s/c(=C\c3cccc(OCc4cccc(Cl)c4)c3)c(=O)n2[C@@H]1c1ccc(C(C)C)cc1. The molecule has 0 saturated carbocycles. The highest BCUT2D eigenvalue weighted by atomic mass is 35.5. The van der Waals surface area contributed by atoms with Crippen LogP contribution < -0.4 is 19.6 Å². The van der Waals surface area contributed by atoms with E-state index in [1.165, 1.54) is 16.9 Å². The summed E-state index contributed by atoms with van der Waals surface area (Å²) in [6.45, 7) is 6.60. The molecule has 6 nitrogen and oxygen atoms in total. The number of esters is 1. The molecule has 2 heterocycles. The largest absolute Gasteiger partial charge is 0.489 e. The number of fused-ring (bicyclic) bond motifs is 1. The van der Waals surface area contributed by atoms with Crippen molar-refractivity contribution in [2.45, 2.75) is 39.3 Å². The monoisotopic (exact) mass is 648 g/mol.